The van der Waals surface area contributed by atoms with Gasteiger partial charge in [0.25, 0.3) is 0 Å². The van der Waals surface area contributed by atoms with Crippen molar-refractivity contribution in [1.29, 1.82) is 0 Å². The molecule has 0 saturated carbocycles. The second-order valence-corrected chi connectivity index (χ2v) is 3.11. The van der Waals surface area contributed by atoms with Crippen LogP contribution in [-0.4, -0.2) is 12.3 Å². The molecule has 74 valence electrons. The second-order valence-electron chi connectivity index (χ2n) is 3.11. The summed E-state index contributed by atoms with van der Waals surface area (Å²) in [5.74, 6) is 0.686. The molecule has 0 saturated heterocycles. The van der Waals surface area contributed by atoms with Gasteiger partial charge in [0.2, 0.25) is 5.58 Å². The first-order valence-electron chi connectivity index (χ1n) is 4.40. The van der Waals surface area contributed by atoms with Crippen LogP contribution in [0.3, 0.4) is 0 Å². The molecule has 2 N–H and O–H groups in total. The van der Waals surface area contributed by atoms with Gasteiger partial charge in [0, 0.05) is 17.5 Å². The Bertz CT molecular complexity index is 462. The van der Waals surface area contributed by atoms with Gasteiger partial charge in [-0.15, -0.1) is 0 Å². The van der Waals surface area contributed by atoms with Crippen LogP contribution < -0.4 is 10.5 Å². The fourth-order valence-electron chi connectivity index (χ4n) is 1.53. The number of methoxy groups -OCH3 is 1. The van der Waals surface area contributed by atoms with Crippen molar-refractivity contribution in [3.63, 3.8) is 0 Å². The molecule has 2 aromatic rings. The second kappa shape index (κ2) is 3.31. The Balaban J connectivity index is 2.77. The Morgan fingerprint density at radius 2 is 2.29 bits per heavy atom. The van der Waals surface area contributed by atoms with Crippen molar-refractivity contribution in [2.45, 2.75) is 13.5 Å². The van der Waals surface area contributed by atoms with Crippen LogP contribution in [0.15, 0.2) is 16.7 Å². The van der Waals surface area contributed by atoms with Crippen LogP contribution in [-0.2, 0) is 6.54 Å². The highest BCUT2D eigenvalue weighted by Crippen LogP contribution is 2.30. The number of aromatic nitrogens is 1. The van der Waals surface area contributed by atoms with E-state index in [9.17, 15) is 0 Å². The third kappa shape index (κ3) is 1.15. The average Bonchev–Trinajstić information content (AvgIpc) is 2.59. The molecule has 0 spiro atoms. The van der Waals surface area contributed by atoms with E-state index in [0.717, 1.165) is 16.6 Å². The normalized spacial score (nSPS) is 10.8. The predicted octanol–water partition coefficient (Wildman–Crippen LogP) is 1.60. The molecule has 0 aliphatic heterocycles. The Morgan fingerprint density at radius 3 is 2.93 bits per heavy atom. The number of ether oxygens (including phenoxy) is 1. The fraction of sp³-hybridized carbons (Fsp3) is 0.300. The minimum atomic E-state index is 0.429. The molecule has 0 aliphatic rings. The zero-order chi connectivity index (χ0) is 10.1. The summed E-state index contributed by atoms with van der Waals surface area (Å²) in [6.45, 7) is 2.33. The molecule has 1 heterocycles. The van der Waals surface area contributed by atoms with E-state index in [4.69, 9.17) is 15.0 Å². The summed E-state index contributed by atoms with van der Waals surface area (Å²) >= 11 is 0. The maximum absolute atomic E-state index is 5.58. The number of aryl methyl sites for hydroxylation is 1. The zero-order valence-corrected chi connectivity index (χ0v) is 8.20. The van der Waals surface area contributed by atoms with Gasteiger partial charge in [0.05, 0.1) is 12.8 Å². The summed E-state index contributed by atoms with van der Waals surface area (Å²) in [7, 11) is 1.60. The largest absolute Gasteiger partial charge is 0.492 e. The maximum Gasteiger partial charge on any atom is 0.209 e. The zero-order valence-electron chi connectivity index (χ0n) is 8.20. The highest BCUT2D eigenvalue weighted by molar-refractivity contribution is 5.86. The summed E-state index contributed by atoms with van der Waals surface area (Å²) in [6, 6.07) is 3.89. The summed E-state index contributed by atoms with van der Waals surface area (Å²) in [5.41, 5.74) is 8.05. The Labute approximate surface area is 81.6 Å². The van der Waals surface area contributed by atoms with Crippen LogP contribution in [0.4, 0.5) is 0 Å². The molecule has 14 heavy (non-hydrogen) atoms. The number of fused-ring (bicyclic) bond motifs is 1. The summed E-state index contributed by atoms with van der Waals surface area (Å²) in [5, 5.41) is 4.86. The highest BCUT2D eigenvalue weighted by Gasteiger charge is 2.12. The molecule has 2 rings (SSSR count). The maximum atomic E-state index is 5.58. The van der Waals surface area contributed by atoms with Crippen LogP contribution >= 0.6 is 0 Å². The molecule has 1 aromatic heterocycles. The molecule has 0 amide bonds. The topological polar surface area (TPSA) is 61.3 Å². The first-order valence-corrected chi connectivity index (χ1v) is 4.40. The standard InChI is InChI=1S/C10H12N2O2/c1-6-8-4-3-7(5-11)9(13-2)10(8)14-12-6/h3-4H,5,11H2,1-2H3. The van der Waals surface area contributed by atoms with Crippen LogP contribution in [0.25, 0.3) is 11.0 Å². The summed E-state index contributed by atoms with van der Waals surface area (Å²) in [4.78, 5) is 0. The minimum absolute atomic E-state index is 0.429. The van der Waals surface area contributed by atoms with Gasteiger partial charge in [0.15, 0.2) is 5.75 Å². The van der Waals surface area contributed by atoms with Gasteiger partial charge in [-0.2, -0.15) is 0 Å². The Kier molecular flexibility index (Phi) is 2.13. The van der Waals surface area contributed by atoms with Gasteiger partial charge in [-0.3, -0.25) is 0 Å². The molecule has 0 atom stereocenters. The lowest BCUT2D eigenvalue weighted by Crippen LogP contribution is -1.99. The van der Waals surface area contributed by atoms with E-state index in [2.05, 4.69) is 5.16 Å². The first kappa shape index (κ1) is 9.02. The lowest BCUT2D eigenvalue weighted by atomic mass is 10.1. The molecule has 0 aliphatic carbocycles. The lowest BCUT2D eigenvalue weighted by Gasteiger charge is -2.05. The van der Waals surface area contributed by atoms with E-state index in [0.29, 0.717) is 17.9 Å². The number of benzene rings is 1. The lowest BCUT2D eigenvalue weighted by molar-refractivity contribution is 0.388. The van der Waals surface area contributed by atoms with Crippen molar-refractivity contribution in [3.8, 4) is 5.75 Å². The molecule has 0 unspecified atom stereocenters. The third-order valence-corrected chi connectivity index (χ3v) is 2.28. The number of hydrogen-bond acceptors (Lipinski definition) is 4. The molecule has 0 bridgehead atoms. The average molecular weight is 192 g/mol. The van der Waals surface area contributed by atoms with Crippen LogP contribution in [0, 0.1) is 6.92 Å². The van der Waals surface area contributed by atoms with Crippen molar-refractivity contribution in [3.05, 3.63) is 23.4 Å². The number of nitrogens with two attached hydrogens (primary N) is 1. The molecule has 4 nitrogen and oxygen atoms in total. The van der Waals surface area contributed by atoms with E-state index in [1.807, 2.05) is 19.1 Å². The predicted molar refractivity (Wildman–Crippen MR) is 53.2 cm³/mol. The van der Waals surface area contributed by atoms with Crippen molar-refractivity contribution in [2.75, 3.05) is 7.11 Å². The molecule has 0 fully saturated rings. The molecule has 1 aromatic carbocycles. The number of hydrogen-bond donors (Lipinski definition) is 1. The van der Waals surface area contributed by atoms with Crippen molar-refractivity contribution in [1.82, 2.24) is 5.16 Å². The van der Waals surface area contributed by atoms with Crippen molar-refractivity contribution >= 4 is 11.0 Å². The van der Waals surface area contributed by atoms with Gasteiger partial charge >= 0.3 is 0 Å². The van der Waals surface area contributed by atoms with Gasteiger partial charge in [0.1, 0.15) is 0 Å². The summed E-state index contributed by atoms with van der Waals surface area (Å²) < 4.78 is 10.4. The van der Waals surface area contributed by atoms with Gasteiger partial charge in [-0.1, -0.05) is 11.2 Å². The van der Waals surface area contributed by atoms with E-state index in [-0.39, 0.29) is 0 Å². The first-order chi connectivity index (χ1) is 6.77. The molecular formula is C10H12N2O2. The van der Waals surface area contributed by atoms with E-state index >= 15 is 0 Å². The molecular weight excluding hydrogens is 180 g/mol. The highest BCUT2D eigenvalue weighted by atomic mass is 16.5. The minimum Gasteiger partial charge on any atom is -0.492 e. The van der Waals surface area contributed by atoms with E-state index in [1.165, 1.54) is 0 Å². The van der Waals surface area contributed by atoms with Crippen molar-refractivity contribution in [2.24, 2.45) is 5.73 Å². The SMILES string of the molecule is COc1c(CN)ccc2c(C)noc12. The smallest absolute Gasteiger partial charge is 0.209 e. The van der Waals surface area contributed by atoms with Crippen LogP contribution in [0.5, 0.6) is 5.75 Å². The Hall–Kier alpha value is -1.55. The number of nitrogens with zero attached hydrogens (tertiary/aromatic N) is 1. The monoisotopic (exact) mass is 192 g/mol. The fourth-order valence-corrected chi connectivity index (χ4v) is 1.53. The van der Waals surface area contributed by atoms with Crippen LogP contribution in [0.1, 0.15) is 11.3 Å². The summed E-state index contributed by atoms with van der Waals surface area (Å²) in [6.07, 6.45) is 0. The number of rotatable bonds is 2. The molecule has 0 radical (unpaired) electrons. The van der Waals surface area contributed by atoms with E-state index < -0.39 is 0 Å². The van der Waals surface area contributed by atoms with E-state index in [1.54, 1.807) is 7.11 Å². The molecule has 4 heteroatoms. The van der Waals surface area contributed by atoms with Gasteiger partial charge < -0.3 is 15.0 Å². The van der Waals surface area contributed by atoms with Crippen molar-refractivity contribution < 1.29 is 9.26 Å². The third-order valence-electron chi connectivity index (χ3n) is 2.28. The van der Waals surface area contributed by atoms with Gasteiger partial charge in [-0.05, 0) is 13.0 Å². The Morgan fingerprint density at radius 1 is 1.50 bits per heavy atom. The van der Waals surface area contributed by atoms with Crippen LogP contribution in [0.2, 0.25) is 0 Å². The quantitative estimate of drug-likeness (QED) is 0.785. The van der Waals surface area contributed by atoms with Gasteiger partial charge in [-0.25, -0.2) is 0 Å².